The van der Waals surface area contributed by atoms with E-state index in [1.807, 2.05) is 6.07 Å². The van der Waals surface area contributed by atoms with E-state index in [1.165, 1.54) is 18.4 Å². The van der Waals surface area contributed by atoms with E-state index in [2.05, 4.69) is 99.2 Å². The van der Waals surface area contributed by atoms with Crippen molar-refractivity contribution < 1.29 is 4.43 Å². The molecular weight excluding hydrogens is 376 g/mol. The van der Waals surface area contributed by atoms with Crippen molar-refractivity contribution in [3.8, 4) is 0 Å². The van der Waals surface area contributed by atoms with Crippen LogP contribution >= 0.6 is 15.9 Å². The molecule has 1 atom stereocenters. The molecule has 0 aromatic heterocycles. The van der Waals surface area contributed by atoms with Gasteiger partial charge in [0.05, 0.1) is 6.10 Å². The van der Waals surface area contributed by atoms with Crippen LogP contribution in [0.15, 0.2) is 47.0 Å². The first-order valence-electron chi connectivity index (χ1n) is 8.94. The second-order valence-corrected chi connectivity index (χ2v) is 13.4. The maximum atomic E-state index is 6.59. The first-order valence-corrected chi connectivity index (χ1v) is 12.6. The molecule has 0 amide bonds. The predicted molar refractivity (Wildman–Crippen MR) is 114 cm³/mol. The van der Waals surface area contributed by atoms with Crippen LogP contribution in [0.4, 0.5) is 0 Å². The highest BCUT2D eigenvalue weighted by Crippen LogP contribution is 2.37. The van der Waals surface area contributed by atoms with Gasteiger partial charge < -0.3 is 4.43 Å². The van der Waals surface area contributed by atoms with Gasteiger partial charge in [0.25, 0.3) is 0 Å². The summed E-state index contributed by atoms with van der Waals surface area (Å²) in [6.07, 6.45) is 12.3. The molecule has 0 aliphatic heterocycles. The fourth-order valence-corrected chi connectivity index (χ4v) is 3.84. The summed E-state index contributed by atoms with van der Waals surface area (Å²) in [4.78, 5) is 0. The molecule has 0 N–H and O–H groups in total. The van der Waals surface area contributed by atoms with Crippen molar-refractivity contribution in [3.05, 3.63) is 52.5 Å². The van der Waals surface area contributed by atoms with Gasteiger partial charge in [-0.1, -0.05) is 99.0 Å². The lowest BCUT2D eigenvalue weighted by atomic mass is 10.1. The van der Waals surface area contributed by atoms with Crippen LogP contribution < -0.4 is 0 Å². The van der Waals surface area contributed by atoms with Crippen LogP contribution in [0, 0.1) is 0 Å². The minimum atomic E-state index is -1.73. The summed E-state index contributed by atoms with van der Waals surface area (Å²) in [6, 6.07) is 8.26. The molecule has 134 valence electrons. The molecule has 24 heavy (non-hydrogen) atoms. The van der Waals surface area contributed by atoms with E-state index in [1.54, 1.807) is 0 Å². The summed E-state index contributed by atoms with van der Waals surface area (Å²) in [5.74, 6) is 0. The number of rotatable bonds is 8. The van der Waals surface area contributed by atoms with Crippen molar-refractivity contribution in [1.82, 2.24) is 0 Å². The molecular formula is C21H33BrOSi. The highest BCUT2D eigenvalue weighted by atomic mass is 79.9. The molecule has 1 aromatic carbocycles. The maximum Gasteiger partial charge on any atom is 0.192 e. The van der Waals surface area contributed by atoms with E-state index in [9.17, 15) is 0 Å². The third-order valence-electron chi connectivity index (χ3n) is 4.71. The molecule has 0 aliphatic rings. The van der Waals surface area contributed by atoms with Gasteiger partial charge in [-0.15, -0.1) is 0 Å². The second-order valence-electron chi connectivity index (χ2n) is 7.82. The highest BCUT2D eigenvalue weighted by Gasteiger charge is 2.38. The SMILES string of the molecule is CCCC[C@H](/C=C/C=C/c1ccccc1Br)O[Si](C)(C)C(C)(C)C. The quantitative estimate of drug-likeness (QED) is 0.317. The van der Waals surface area contributed by atoms with Crippen LogP contribution in [0.2, 0.25) is 18.1 Å². The molecule has 0 saturated heterocycles. The molecule has 0 saturated carbocycles. The van der Waals surface area contributed by atoms with Crippen LogP contribution in [-0.4, -0.2) is 14.4 Å². The average molecular weight is 409 g/mol. The number of hydrogen-bond donors (Lipinski definition) is 0. The summed E-state index contributed by atoms with van der Waals surface area (Å²) in [5.41, 5.74) is 1.19. The van der Waals surface area contributed by atoms with Gasteiger partial charge in [-0.2, -0.15) is 0 Å². The number of hydrogen-bond acceptors (Lipinski definition) is 1. The number of halogens is 1. The smallest absolute Gasteiger partial charge is 0.192 e. The van der Waals surface area contributed by atoms with Crippen LogP contribution in [0.5, 0.6) is 0 Å². The zero-order valence-corrected chi connectivity index (χ0v) is 18.7. The molecule has 0 aliphatic carbocycles. The van der Waals surface area contributed by atoms with Gasteiger partial charge in [-0.05, 0) is 36.2 Å². The molecule has 3 heteroatoms. The molecule has 1 rings (SSSR count). The lowest BCUT2D eigenvalue weighted by Crippen LogP contribution is -2.43. The van der Waals surface area contributed by atoms with Crippen molar-refractivity contribution in [2.75, 3.05) is 0 Å². The van der Waals surface area contributed by atoms with Gasteiger partial charge in [0.2, 0.25) is 0 Å². The lowest BCUT2D eigenvalue weighted by Gasteiger charge is -2.38. The van der Waals surface area contributed by atoms with E-state index in [4.69, 9.17) is 4.43 Å². The molecule has 0 fully saturated rings. The van der Waals surface area contributed by atoms with E-state index >= 15 is 0 Å². The molecule has 0 spiro atoms. The molecule has 0 radical (unpaired) electrons. The Hall–Kier alpha value is -0.643. The highest BCUT2D eigenvalue weighted by molar-refractivity contribution is 9.10. The fraction of sp³-hybridized carbons (Fsp3) is 0.524. The third-order valence-corrected chi connectivity index (χ3v) is 9.94. The Morgan fingerprint density at radius 1 is 1.17 bits per heavy atom. The molecule has 0 heterocycles. The first-order chi connectivity index (χ1) is 11.2. The summed E-state index contributed by atoms with van der Waals surface area (Å²) in [7, 11) is -1.73. The van der Waals surface area contributed by atoms with Gasteiger partial charge >= 0.3 is 0 Å². The topological polar surface area (TPSA) is 9.23 Å². The van der Waals surface area contributed by atoms with Gasteiger partial charge in [-0.25, -0.2) is 0 Å². The normalized spacial score (nSPS) is 14.6. The Balaban J connectivity index is 2.77. The predicted octanol–water partition coefficient (Wildman–Crippen LogP) is 7.60. The van der Waals surface area contributed by atoms with Crippen LogP contribution in [0.3, 0.4) is 0 Å². The summed E-state index contributed by atoms with van der Waals surface area (Å²) in [5, 5.41) is 0.246. The summed E-state index contributed by atoms with van der Waals surface area (Å²) in [6.45, 7) is 13.8. The Morgan fingerprint density at radius 2 is 1.83 bits per heavy atom. The van der Waals surface area contributed by atoms with E-state index in [0.717, 1.165) is 10.9 Å². The lowest BCUT2D eigenvalue weighted by molar-refractivity contribution is 0.212. The standard InChI is InChI=1S/C21H33BrOSi/c1-7-8-15-19(23-24(5,6)21(2,3)4)16-11-9-13-18-14-10-12-17-20(18)22/h9-14,16-17,19H,7-8,15H2,1-6H3/b13-9+,16-11+/t19-/m1/s1. The second kappa shape index (κ2) is 9.74. The van der Waals surface area contributed by atoms with E-state index < -0.39 is 8.32 Å². The summed E-state index contributed by atoms with van der Waals surface area (Å²) >= 11 is 3.58. The van der Waals surface area contributed by atoms with Gasteiger partial charge in [0, 0.05) is 4.47 Å². The average Bonchev–Trinajstić information content (AvgIpc) is 2.49. The molecule has 1 nitrogen and oxygen atoms in total. The summed E-state index contributed by atoms with van der Waals surface area (Å²) < 4.78 is 7.71. The van der Waals surface area contributed by atoms with Crippen molar-refractivity contribution in [2.45, 2.75) is 71.2 Å². The van der Waals surface area contributed by atoms with Crippen molar-refractivity contribution in [1.29, 1.82) is 0 Å². The minimum absolute atomic E-state index is 0.217. The monoisotopic (exact) mass is 408 g/mol. The van der Waals surface area contributed by atoms with Gasteiger partial charge in [0.15, 0.2) is 8.32 Å². The largest absolute Gasteiger partial charge is 0.411 e. The number of allylic oxidation sites excluding steroid dienone is 2. The van der Waals surface area contributed by atoms with Gasteiger partial charge in [-0.3, -0.25) is 0 Å². The Morgan fingerprint density at radius 3 is 2.42 bits per heavy atom. The van der Waals surface area contributed by atoms with Crippen LogP contribution in [0.1, 0.15) is 52.5 Å². The maximum absolute atomic E-state index is 6.59. The Bertz CT molecular complexity index is 555. The zero-order valence-electron chi connectivity index (χ0n) is 16.1. The molecule has 0 unspecified atom stereocenters. The van der Waals surface area contributed by atoms with Crippen LogP contribution in [-0.2, 0) is 4.43 Å². The van der Waals surface area contributed by atoms with Gasteiger partial charge in [0.1, 0.15) is 0 Å². The van der Waals surface area contributed by atoms with E-state index in [0.29, 0.717) is 0 Å². The number of benzene rings is 1. The van der Waals surface area contributed by atoms with Crippen molar-refractivity contribution in [3.63, 3.8) is 0 Å². The van der Waals surface area contributed by atoms with Crippen molar-refractivity contribution in [2.24, 2.45) is 0 Å². The third kappa shape index (κ3) is 7.08. The molecule has 0 bridgehead atoms. The number of unbranched alkanes of at least 4 members (excludes halogenated alkanes) is 1. The fourth-order valence-electron chi connectivity index (χ4n) is 2.11. The Labute approximate surface area is 158 Å². The molecule has 1 aromatic rings. The first kappa shape index (κ1) is 21.4. The van der Waals surface area contributed by atoms with Crippen molar-refractivity contribution >= 4 is 30.3 Å². The minimum Gasteiger partial charge on any atom is -0.411 e. The Kier molecular flexibility index (Phi) is 8.68. The van der Waals surface area contributed by atoms with E-state index in [-0.39, 0.29) is 11.1 Å². The zero-order chi connectivity index (χ0) is 18.2. The van der Waals surface area contributed by atoms with Crippen LogP contribution in [0.25, 0.3) is 6.08 Å².